The molecule has 0 spiro atoms. The fraction of sp³-hybridized carbons (Fsp3) is 0.938. The van der Waals surface area contributed by atoms with Gasteiger partial charge in [-0.25, -0.2) is 0 Å². The molecule has 0 atom stereocenters. The maximum Gasteiger partial charge on any atom is 0.401 e. The first-order chi connectivity index (χ1) is 11.9. The molecule has 1 N–H and O–H groups in total. The van der Waals surface area contributed by atoms with Crippen molar-refractivity contribution in [1.82, 2.24) is 15.1 Å². The number of methoxy groups -OCH3 is 1. The van der Waals surface area contributed by atoms with Crippen LogP contribution in [-0.2, 0) is 9.47 Å². The molecule has 148 valence electrons. The van der Waals surface area contributed by atoms with E-state index in [-0.39, 0.29) is 6.10 Å². The first-order valence-electron chi connectivity index (χ1n) is 8.67. The molecule has 0 aromatic carbocycles. The first kappa shape index (κ1) is 22.0. The van der Waals surface area contributed by atoms with Crippen LogP contribution in [0.3, 0.4) is 0 Å². The number of ether oxygens (including phenoxy) is 2. The SMILES string of the molecule is CN=C(NCCN(C)CC(F)(F)F)N1CCC(OCCCOC)CC1. The van der Waals surface area contributed by atoms with Gasteiger partial charge in [-0.3, -0.25) is 9.89 Å². The van der Waals surface area contributed by atoms with Gasteiger partial charge in [0.25, 0.3) is 0 Å². The molecule has 0 saturated carbocycles. The summed E-state index contributed by atoms with van der Waals surface area (Å²) in [5.41, 5.74) is 0. The molecule has 1 aliphatic heterocycles. The van der Waals surface area contributed by atoms with E-state index in [1.54, 1.807) is 14.2 Å². The van der Waals surface area contributed by atoms with Gasteiger partial charge >= 0.3 is 6.18 Å². The molecule has 0 aromatic rings. The number of hydrogen-bond acceptors (Lipinski definition) is 4. The highest BCUT2D eigenvalue weighted by atomic mass is 19.4. The number of aliphatic imine (C=N–C) groups is 1. The van der Waals surface area contributed by atoms with Crippen LogP contribution in [0.15, 0.2) is 4.99 Å². The monoisotopic (exact) mass is 368 g/mol. The van der Waals surface area contributed by atoms with Crippen LogP contribution < -0.4 is 5.32 Å². The summed E-state index contributed by atoms with van der Waals surface area (Å²) in [5, 5.41) is 3.14. The maximum absolute atomic E-state index is 12.3. The van der Waals surface area contributed by atoms with Gasteiger partial charge in [0.05, 0.1) is 12.6 Å². The summed E-state index contributed by atoms with van der Waals surface area (Å²) in [6, 6.07) is 0. The lowest BCUT2D eigenvalue weighted by Crippen LogP contribution is -2.48. The number of hydrogen-bond donors (Lipinski definition) is 1. The number of halogens is 3. The van der Waals surface area contributed by atoms with Crippen molar-refractivity contribution in [3.63, 3.8) is 0 Å². The van der Waals surface area contributed by atoms with Crippen molar-refractivity contribution in [2.24, 2.45) is 4.99 Å². The van der Waals surface area contributed by atoms with Gasteiger partial charge in [0, 0.05) is 53.6 Å². The molecule has 6 nitrogen and oxygen atoms in total. The molecule has 0 aromatic heterocycles. The minimum atomic E-state index is -4.17. The Morgan fingerprint density at radius 3 is 2.52 bits per heavy atom. The Morgan fingerprint density at radius 1 is 1.28 bits per heavy atom. The summed E-state index contributed by atoms with van der Waals surface area (Å²) >= 11 is 0. The number of likely N-dealkylation sites (N-methyl/N-ethyl adjacent to an activating group) is 1. The average molecular weight is 368 g/mol. The Labute approximate surface area is 148 Å². The fourth-order valence-electron chi connectivity index (χ4n) is 2.76. The normalized spacial score (nSPS) is 17.4. The van der Waals surface area contributed by atoms with E-state index in [2.05, 4.69) is 15.2 Å². The highest BCUT2D eigenvalue weighted by Gasteiger charge is 2.29. The largest absolute Gasteiger partial charge is 0.401 e. The topological polar surface area (TPSA) is 49.3 Å². The number of guanidine groups is 1. The van der Waals surface area contributed by atoms with Gasteiger partial charge in [0.2, 0.25) is 0 Å². The maximum atomic E-state index is 12.3. The van der Waals surface area contributed by atoms with Crippen LogP contribution in [0, 0.1) is 0 Å². The van der Waals surface area contributed by atoms with E-state index in [1.807, 2.05) is 0 Å². The zero-order chi connectivity index (χ0) is 18.7. The molecule has 0 aliphatic carbocycles. The van der Waals surface area contributed by atoms with Gasteiger partial charge in [0.15, 0.2) is 5.96 Å². The van der Waals surface area contributed by atoms with Crippen molar-refractivity contribution in [1.29, 1.82) is 0 Å². The minimum absolute atomic E-state index is 0.254. The van der Waals surface area contributed by atoms with Gasteiger partial charge in [0.1, 0.15) is 0 Å². The van der Waals surface area contributed by atoms with Gasteiger partial charge in [-0.2, -0.15) is 13.2 Å². The molecule has 1 heterocycles. The molecule has 1 aliphatic rings. The summed E-state index contributed by atoms with van der Waals surface area (Å²) in [6.45, 7) is 2.89. The number of rotatable bonds is 9. The van der Waals surface area contributed by atoms with E-state index in [4.69, 9.17) is 9.47 Å². The lowest BCUT2D eigenvalue weighted by atomic mass is 10.1. The molecular weight excluding hydrogens is 337 g/mol. The Bertz CT molecular complexity index is 386. The van der Waals surface area contributed by atoms with E-state index in [0.29, 0.717) is 26.3 Å². The predicted octanol–water partition coefficient (Wildman–Crippen LogP) is 1.57. The number of nitrogens with one attached hydrogen (secondary N) is 1. The van der Waals surface area contributed by atoms with Crippen LogP contribution in [0.2, 0.25) is 0 Å². The molecule has 0 amide bonds. The molecule has 1 fully saturated rings. The van der Waals surface area contributed by atoms with Crippen molar-refractivity contribution in [2.45, 2.75) is 31.5 Å². The molecule has 0 bridgehead atoms. The second-order valence-electron chi connectivity index (χ2n) is 6.23. The molecule has 0 unspecified atom stereocenters. The van der Waals surface area contributed by atoms with E-state index in [9.17, 15) is 13.2 Å². The standard InChI is InChI=1S/C16H31F3N4O2/c1-20-15(21-7-10-22(2)13-16(17,18)19)23-8-5-14(6-9-23)25-12-4-11-24-3/h14H,4-13H2,1-3H3,(H,20,21). The molecule has 0 radical (unpaired) electrons. The second kappa shape index (κ2) is 11.5. The van der Waals surface area contributed by atoms with Crippen molar-refractivity contribution in [3.8, 4) is 0 Å². The smallest absolute Gasteiger partial charge is 0.385 e. The minimum Gasteiger partial charge on any atom is -0.385 e. The van der Waals surface area contributed by atoms with Crippen LogP contribution in [0.25, 0.3) is 0 Å². The fourth-order valence-corrected chi connectivity index (χ4v) is 2.76. The number of likely N-dealkylation sites (tertiary alicyclic amines) is 1. The van der Waals surface area contributed by atoms with Crippen LogP contribution in [-0.4, -0.2) is 95.2 Å². The first-order valence-corrected chi connectivity index (χ1v) is 8.67. The third-order valence-electron chi connectivity index (χ3n) is 4.03. The lowest BCUT2D eigenvalue weighted by Gasteiger charge is -2.34. The Kier molecular flexibility index (Phi) is 10.1. The average Bonchev–Trinajstić information content (AvgIpc) is 2.55. The number of piperidine rings is 1. The highest BCUT2D eigenvalue weighted by Crippen LogP contribution is 2.15. The summed E-state index contributed by atoms with van der Waals surface area (Å²) in [6.07, 6.45) is -1.18. The van der Waals surface area contributed by atoms with Crippen molar-refractivity contribution < 1.29 is 22.6 Å². The van der Waals surface area contributed by atoms with Gasteiger partial charge in [-0.1, -0.05) is 0 Å². The Morgan fingerprint density at radius 2 is 1.96 bits per heavy atom. The zero-order valence-electron chi connectivity index (χ0n) is 15.4. The van der Waals surface area contributed by atoms with Gasteiger partial charge in [-0.05, 0) is 26.3 Å². The quantitative estimate of drug-likeness (QED) is 0.380. The zero-order valence-corrected chi connectivity index (χ0v) is 15.4. The van der Waals surface area contributed by atoms with E-state index in [1.165, 1.54) is 11.9 Å². The van der Waals surface area contributed by atoms with Crippen LogP contribution in [0.4, 0.5) is 13.2 Å². The molecule has 1 saturated heterocycles. The van der Waals surface area contributed by atoms with E-state index < -0.39 is 12.7 Å². The molecular formula is C16H31F3N4O2. The van der Waals surface area contributed by atoms with Crippen LogP contribution >= 0.6 is 0 Å². The van der Waals surface area contributed by atoms with E-state index >= 15 is 0 Å². The second-order valence-corrected chi connectivity index (χ2v) is 6.23. The summed E-state index contributed by atoms with van der Waals surface area (Å²) in [4.78, 5) is 7.60. The van der Waals surface area contributed by atoms with Crippen LogP contribution in [0.1, 0.15) is 19.3 Å². The summed E-state index contributed by atoms with van der Waals surface area (Å²) in [7, 11) is 4.83. The van der Waals surface area contributed by atoms with Crippen molar-refractivity contribution in [3.05, 3.63) is 0 Å². The lowest BCUT2D eigenvalue weighted by molar-refractivity contribution is -0.142. The van der Waals surface area contributed by atoms with Gasteiger partial charge < -0.3 is 19.7 Å². The summed E-state index contributed by atoms with van der Waals surface area (Å²) < 4.78 is 47.7. The van der Waals surface area contributed by atoms with Gasteiger partial charge in [-0.15, -0.1) is 0 Å². The highest BCUT2D eigenvalue weighted by molar-refractivity contribution is 5.79. The molecule has 25 heavy (non-hydrogen) atoms. The number of alkyl halides is 3. The summed E-state index contributed by atoms with van der Waals surface area (Å²) in [5.74, 6) is 0.734. The predicted molar refractivity (Wildman–Crippen MR) is 92.0 cm³/mol. The Hall–Kier alpha value is -1.06. The van der Waals surface area contributed by atoms with Crippen molar-refractivity contribution in [2.75, 3.05) is 67.1 Å². The van der Waals surface area contributed by atoms with E-state index in [0.717, 1.165) is 38.3 Å². The Balaban J connectivity index is 2.23. The third-order valence-corrected chi connectivity index (χ3v) is 4.03. The molecule has 9 heteroatoms. The number of nitrogens with zero attached hydrogens (tertiary/aromatic N) is 3. The third kappa shape index (κ3) is 9.86. The molecule has 1 rings (SSSR count). The van der Waals surface area contributed by atoms with Crippen LogP contribution in [0.5, 0.6) is 0 Å². The van der Waals surface area contributed by atoms with Crippen molar-refractivity contribution >= 4 is 5.96 Å².